The molecule has 1 N–H and O–H groups in total. The lowest BCUT2D eigenvalue weighted by Gasteiger charge is -1.98. The number of nitrogens with one attached hydrogen (secondary N) is 1. The summed E-state index contributed by atoms with van der Waals surface area (Å²) in [6.45, 7) is 1.99. The number of aromatic amines is 1. The van der Waals surface area contributed by atoms with E-state index in [4.69, 9.17) is 4.74 Å². The van der Waals surface area contributed by atoms with Crippen LogP contribution in [0, 0.1) is 0 Å². The van der Waals surface area contributed by atoms with Crippen LogP contribution < -0.4 is 5.69 Å². The number of benzene rings is 1. The number of para-hydroxylation sites is 1. The Bertz CT molecular complexity index is 832. The fourth-order valence-corrected chi connectivity index (χ4v) is 2.02. The third-order valence-corrected chi connectivity index (χ3v) is 2.83. The van der Waals surface area contributed by atoms with E-state index in [1.165, 1.54) is 4.52 Å². The number of carbonyl (C=O) groups excluding carboxylic acids is 1. The minimum atomic E-state index is -0.533. The molecule has 2 heterocycles. The summed E-state index contributed by atoms with van der Waals surface area (Å²) in [5.41, 5.74) is 1.03. The van der Waals surface area contributed by atoms with E-state index in [9.17, 15) is 9.59 Å². The van der Waals surface area contributed by atoms with Gasteiger partial charge in [-0.1, -0.05) is 18.2 Å². The van der Waals surface area contributed by atoms with Crippen LogP contribution in [-0.2, 0) is 4.74 Å². The van der Waals surface area contributed by atoms with Crippen LogP contribution in [0.25, 0.3) is 16.4 Å². The molecule has 0 amide bonds. The highest BCUT2D eigenvalue weighted by Gasteiger charge is 2.14. The van der Waals surface area contributed by atoms with Crippen LogP contribution in [0.4, 0.5) is 0 Å². The van der Waals surface area contributed by atoms with Crippen molar-refractivity contribution in [3.05, 3.63) is 46.5 Å². The molecule has 0 fully saturated rings. The van der Waals surface area contributed by atoms with Gasteiger partial charge in [0.1, 0.15) is 0 Å². The van der Waals surface area contributed by atoms with Crippen molar-refractivity contribution in [1.29, 1.82) is 0 Å². The summed E-state index contributed by atoms with van der Waals surface area (Å²) < 4.78 is 6.06. The molecule has 3 aromatic rings. The molecule has 19 heavy (non-hydrogen) atoms. The zero-order valence-electron chi connectivity index (χ0n) is 10.2. The van der Waals surface area contributed by atoms with Crippen molar-refractivity contribution in [3.8, 4) is 0 Å². The second-order valence-corrected chi connectivity index (χ2v) is 4.02. The molecule has 0 radical (unpaired) electrons. The van der Waals surface area contributed by atoms with Crippen molar-refractivity contribution < 1.29 is 9.53 Å². The monoisotopic (exact) mass is 257 g/mol. The van der Waals surface area contributed by atoms with E-state index in [1.54, 1.807) is 19.1 Å². The van der Waals surface area contributed by atoms with Crippen LogP contribution in [0.5, 0.6) is 0 Å². The second kappa shape index (κ2) is 4.24. The molecular formula is C13H11N3O3. The summed E-state index contributed by atoms with van der Waals surface area (Å²) in [6.07, 6.45) is 0. The van der Waals surface area contributed by atoms with Gasteiger partial charge in [0.25, 0.3) is 0 Å². The number of hydrogen-bond acceptors (Lipinski definition) is 4. The minimum absolute atomic E-state index is 0.128. The van der Waals surface area contributed by atoms with Gasteiger partial charge in [-0.15, -0.1) is 0 Å². The van der Waals surface area contributed by atoms with Crippen LogP contribution in [0.3, 0.4) is 0 Å². The van der Waals surface area contributed by atoms with Gasteiger partial charge in [0.05, 0.1) is 17.6 Å². The van der Waals surface area contributed by atoms with Crippen LogP contribution in [0.15, 0.2) is 35.1 Å². The maximum absolute atomic E-state index is 11.9. The maximum atomic E-state index is 11.9. The fourth-order valence-electron chi connectivity index (χ4n) is 2.02. The molecule has 0 aliphatic carbocycles. The number of ether oxygens (including phenoxy) is 1. The predicted molar refractivity (Wildman–Crippen MR) is 69.3 cm³/mol. The zero-order chi connectivity index (χ0) is 13.4. The molecule has 1 aromatic carbocycles. The van der Waals surface area contributed by atoms with Crippen LogP contribution in [0.2, 0.25) is 0 Å². The first-order valence-corrected chi connectivity index (χ1v) is 5.88. The highest BCUT2D eigenvalue weighted by Crippen LogP contribution is 2.17. The van der Waals surface area contributed by atoms with Crippen molar-refractivity contribution in [3.63, 3.8) is 0 Å². The van der Waals surface area contributed by atoms with Crippen LogP contribution in [0.1, 0.15) is 17.4 Å². The SMILES string of the molecule is CCOC(=O)c1cc2c3ccccc3[nH]c(=O)n2n1. The van der Waals surface area contributed by atoms with Crippen molar-refractivity contribution in [2.45, 2.75) is 6.92 Å². The summed E-state index contributed by atoms with van der Waals surface area (Å²) >= 11 is 0. The summed E-state index contributed by atoms with van der Waals surface area (Å²) in [4.78, 5) is 26.2. The smallest absolute Gasteiger partial charge is 0.358 e. The average Bonchev–Trinajstić information content (AvgIpc) is 2.85. The lowest BCUT2D eigenvalue weighted by atomic mass is 10.2. The molecule has 0 spiro atoms. The van der Waals surface area contributed by atoms with E-state index in [2.05, 4.69) is 10.1 Å². The molecule has 6 nitrogen and oxygen atoms in total. The van der Waals surface area contributed by atoms with E-state index in [0.29, 0.717) is 11.0 Å². The number of fused-ring (bicyclic) bond motifs is 3. The summed E-state index contributed by atoms with van der Waals surface area (Å²) in [6, 6.07) is 8.91. The highest BCUT2D eigenvalue weighted by atomic mass is 16.5. The largest absolute Gasteiger partial charge is 0.461 e. The number of carbonyl (C=O) groups is 1. The molecule has 0 aliphatic heterocycles. The van der Waals surface area contributed by atoms with Crippen molar-refractivity contribution >= 4 is 22.4 Å². The Morgan fingerprint density at radius 3 is 3.00 bits per heavy atom. The zero-order valence-corrected chi connectivity index (χ0v) is 10.2. The number of hydrogen-bond donors (Lipinski definition) is 1. The van der Waals surface area contributed by atoms with Crippen LogP contribution in [-0.4, -0.2) is 27.2 Å². The molecule has 6 heteroatoms. The van der Waals surface area contributed by atoms with Gasteiger partial charge < -0.3 is 9.72 Å². The average molecular weight is 257 g/mol. The fraction of sp³-hybridized carbons (Fsp3) is 0.154. The lowest BCUT2D eigenvalue weighted by Crippen LogP contribution is -2.18. The van der Waals surface area contributed by atoms with Gasteiger partial charge in [-0.3, -0.25) is 0 Å². The Morgan fingerprint density at radius 2 is 2.21 bits per heavy atom. The maximum Gasteiger partial charge on any atom is 0.358 e. The van der Waals surface area contributed by atoms with Crippen molar-refractivity contribution in [2.24, 2.45) is 0 Å². The third kappa shape index (κ3) is 1.77. The Morgan fingerprint density at radius 1 is 1.42 bits per heavy atom. The quantitative estimate of drug-likeness (QED) is 0.703. The Hall–Kier alpha value is -2.63. The Balaban J connectivity index is 2.32. The Labute approximate surface area is 107 Å². The van der Waals surface area contributed by atoms with Gasteiger partial charge in [-0.25, -0.2) is 9.59 Å². The summed E-state index contributed by atoms with van der Waals surface area (Å²) in [5, 5.41) is 4.80. The predicted octanol–water partition coefficient (Wildman–Crippen LogP) is 1.35. The first-order chi connectivity index (χ1) is 9.20. The number of rotatable bonds is 2. The molecule has 0 saturated carbocycles. The number of H-pyrrole nitrogens is 1. The van der Waals surface area contributed by atoms with Gasteiger partial charge in [0, 0.05) is 5.39 Å². The van der Waals surface area contributed by atoms with Gasteiger partial charge in [-0.2, -0.15) is 9.61 Å². The number of esters is 1. The topological polar surface area (TPSA) is 76.5 Å². The Kier molecular flexibility index (Phi) is 2.56. The number of aromatic nitrogens is 3. The second-order valence-electron chi connectivity index (χ2n) is 4.02. The molecule has 96 valence electrons. The first kappa shape index (κ1) is 11.5. The van der Waals surface area contributed by atoms with Crippen molar-refractivity contribution in [1.82, 2.24) is 14.6 Å². The molecule has 0 saturated heterocycles. The van der Waals surface area contributed by atoms with Gasteiger partial charge in [0.15, 0.2) is 5.69 Å². The molecule has 2 aromatic heterocycles. The third-order valence-electron chi connectivity index (χ3n) is 2.83. The lowest BCUT2D eigenvalue weighted by molar-refractivity contribution is 0.0519. The van der Waals surface area contributed by atoms with Gasteiger partial charge >= 0.3 is 11.7 Å². The van der Waals surface area contributed by atoms with Gasteiger partial charge in [-0.05, 0) is 19.1 Å². The van der Waals surface area contributed by atoms with Crippen molar-refractivity contribution in [2.75, 3.05) is 6.61 Å². The normalized spacial score (nSPS) is 11.0. The van der Waals surface area contributed by atoms with E-state index >= 15 is 0 Å². The molecule has 0 aliphatic rings. The summed E-state index contributed by atoms with van der Waals surface area (Å²) in [7, 11) is 0. The van der Waals surface area contributed by atoms with E-state index in [1.807, 2.05) is 18.2 Å². The highest BCUT2D eigenvalue weighted by molar-refractivity contribution is 5.97. The van der Waals surface area contributed by atoms with E-state index < -0.39 is 5.97 Å². The van der Waals surface area contributed by atoms with Gasteiger partial charge in [0.2, 0.25) is 0 Å². The first-order valence-electron chi connectivity index (χ1n) is 5.88. The molecule has 0 atom stereocenters. The number of nitrogens with zero attached hydrogens (tertiary/aromatic N) is 2. The minimum Gasteiger partial charge on any atom is -0.461 e. The summed E-state index contributed by atoms with van der Waals surface area (Å²) in [5.74, 6) is -0.533. The molecule has 0 bridgehead atoms. The van der Waals surface area contributed by atoms with Crippen LogP contribution >= 0.6 is 0 Å². The molecular weight excluding hydrogens is 246 g/mol. The standard InChI is InChI=1S/C13H11N3O3/c1-2-19-12(17)10-7-11-8-5-3-4-6-9(8)14-13(18)16(11)15-10/h3-7H,2H2,1H3,(H,14,18). The molecule has 0 unspecified atom stereocenters. The molecule has 3 rings (SSSR count). The van der Waals surface area contributed by atoms with E-state index in [-0.39, 0.29) is 18.0 Å². The van der Waals surface area contributed by atoms with E-state index in [0.717, 1.165) is 5.39 Å².